The second-order valence-electron chi connectivity index (χ2n) is 4.49. The van der Waals surface area contributed by atoms with E-state index in [0.717, 1.165) is 6.54 Å². The van der Waals surface area contributed by atoms with E-state index in [1.54, 1.807) is 0 Å². The molecule has 0 saturated carbocycles. The van der Waals surface area contributed by atoms with Crippen molar-refractivity contribution >= 4 is 15.8 Å². The van der Waals surface area contributed by atoms with E-state index < -0.39 is 21.1 Å². The minimum Gasteiger partial charge on any atom is -0.481 e. The van der Waals surface area contributed by atoms with Crippen LogP contribution in [0.15, 0.2) is 0 Å². The summed E-state index contributed by atoms with van der Waals surface area (Å²) < 4.78 is 29.1. The first-order valence-corrected chi connectivity index (χ1v) is 7.26. The summed E-state index contributed by atoms with van der Waals surface area (Å²) in [4.78, 5) is 12.5. The maximum atomic E-state index is 11.9. The van der Waals surface area contributed by atoms with Gasteiger partial charge in [0.05, 0.1) is 30.1 Å². The van der Waals surface area contributed by atoms with Crippen LogP contribution in [0, 0.1) is 0 Å². The number of hydrogen-bond donors (Lipinski definition) is 1. The molecule has 7 heteroatoms. The van der Waals surface area contributed by atoms with Crippen LogP contribution < -0.4 is 0 Å². The normalized spacial score (nSPS) is 24.5. The number of hydrogen-bond acceptors (Lipinski definition) is 5. The second-order valence-corrected chi connectivity index (χ2v) is 6.96. The molecule has 1 fully saturated rings. The largest absolute Gasteiger partial charge is 0.481 e. The molecule has 0 aromatic rings. The van der Waals surface area contributed by atoms with Gasteiger partial charge in [0.25, 0.3) is 0 Å². The summed E-state index contributed by atoms with van der Waals surface area (Å²) in [6, 6.07) is 0. The number of carboxylic acid groups (broad SMARTS) is 1. The van der Waals surface area contributed by atoms with Gasteiger partial charge in [-0.3, -0.25) is 4.79 Å². The molecule has 0 spiro atoms. The average Bonchev–Trinajstić information content (AvgIpc) is 2.15. The van der Waals surface area contributed by atoms with Gasteiger partial charge in [0.1, 0.15) is 0 Å². The Kier molecular flexibility index (Phi) is 4.91. The monoisotopic (exact) mass is 265 g/mol. The molecule has 0 aromatic carbocycles. The molecule has 1 aliphatic heterocycles. The second kappa shape index (κ2) is 5.79. The highest BCUT2D eigenvalue weighted by Crippen LogP contribution is 2.12. The maximum absolute atomic E-state index is 11.9. The van der Waals surface area contributed by atoms with Crippen LogP contribution in [0.3, 0.4) is 0 Å². The number of morpholine rings is 1. The lowest BCUT2D eigenvalue weighted by atomic mass is 10.3. The van der Waals surface area contributed by atoms with E-state index in [-0.39, 0.29) is 18.3 Å². The van der Waals surface area contributed by atoms with Crippen LogP contribution in [0.2, 0.25) is 0 Å². The Balaban J connectivity index is 2.56. The summed E-state index contributed by atoms with van der Waals surface area (Å²) in [6.45, 7) is 3.31. The van der Waals surface area contributed by atoms with Crippen molar-refractivity contribution in [3.63, 3.8) is 0 Å². The Bertz CT molecular complexity index is 367. The summed E-state index contributed by atoms with van der Waals surface area (Å²) in [6.07, 6.45) is -0.708. The van der Waals surface area contributed by atoms with E-state index in [2.05, 4.69) is 0 Å². The van der Waals surface area contributed by atoms with Gasteiger partial charge < -0.3 is 14.7 Å². The zero-order chi connectivity index (χ0) is 13.1. The number of sulfone groups is 1. The molecule has 0 aromatic heterocycles. The summed E-state index contributed by atoms with van der Waals surface area (Å²) in [5.74, 6) is -1.20. The van der Waals surface area contributed by atoms with E-state index in [1.807, 2.05) is 11.9 Å². The van der Waals surface area contributed by atoms with Crippen molar-refractivity contribution in [3.05, 3.63) is 0 Å². The fourth-order valence-corrected chi connectivity index (χ4v) is 3.21. The third kappa shape index (κ3) is 4.61. The maximum Gasteiger partial charge on any atom is 0.304 e. The van der Waals surface area contributed by atoms with Gasteiger partial charge in [-0.15, -0.1) is 0 Å². The van der Waals surface area contributed by atoms with Crippen molar-refractivity contribution in [1.82, 2.24) is 4.90 Å². The quantitative estimate of drug-likeness (QED) is 0.728. The van der Waals surface area contributed by atoms with Crippen LogP contribution in [-0.4, -0.2) is 68.2 Å². The molecule has 0 bridgehead atoms. The summed E-state index contributed by atoms with van der Waals surface area (Å²) in [5, 5.41) is 7.73. The zero-order valence-electron chi connectivity index (χ0n) is 10.1. The lowest BCUT2D eigenvalue weighted by Gasteiger charge is -2.30. The van der Waals surface area contributed by atoms with Crippen LogP contribution in [0.25, 0.3) is 0 Å². The van der Waals surface area contributed by atoms with Crippen molar-refractivity contribution in [2.24, 2.45) is 0 Å². The molecule has 1 saturated heterocycles. The fourth-order valence-electron chi connectivity index (χ4n) is 1.76. The van der Waals surface area contributed by atoms with Crippen LogP contribution in [0.4, 0.5) is 0 Å². The predicted molar refractivity (Wildman–Crippen MR) is 62.7 cm³/mol. The molecular formula is C10H19NO5S. The van der Waals surface area contributed by atoms with Crippen molar-refractivity contribution in [1.29, 1.82) is 0 Å². The third-order valence-electron chi connectivity index (χ3n) is 2.84. The van der Waals surface area contributed by atoms with Gasteiger partial charge >= 0.3 is 5.97 Å². The van der Waals surface area contributed by atoms with Gasteiger partial charge in [0.2, 0.25) is 0 Å². The van der Waals surface area contributed by atoms with Crippen molar-refractivity contribution < 1.29 is 23.1 Å². The minimum atomic E-state index is -3.41. The Morgan fingerprint density at radius 3 is 2.76 bits per heavy atom. The Hall–Kier alpha value is -0.660. The van der Waals surface area contributed by atoms with Crippen molar-refractivity contribution in [2.45, 2.75) is 24.7 Å². The molecular weight excluding hydrogens is 246 g/mol. The molecule has 1 rings (SSSR count). The van der Waals surface area contributed by atoms with Gasteiger partial charge in [0.15, 0.2) is 9.84 Å². The number of carbonyl (C=O) groups is 1. The molecule has 17 heavy (non-hydrogen) atoms. The zero-order valence-corrected chi connectivity index (χ0v) is 10.9. The summed E-state index contributed by atoms with van der Waals surface area (Å²) in [7, 11) is -1.51. The SMILES string of the molecule is CC(CC(=O)O)S(=O)(=O)CC1CN(C)CCO1. The minimum absolute atomic E-state index is 0.105. The first-order valence-electron chi connectivity index (χ1n) is 5.55. The number of ether oxygens (including phenoxy) is 1. The number of nitrogens with zero attached hydrogens (tertiary/aromatic N) is 1. The molecule has 2 unspecified atom stereocenters. The fraction of sp³-hybridized carbons (Fsp3) is 0.900. The molecule has 2 atom stereocenters. The van der Waals surface area contributed by atoms with Crippen LogP contribution in [0.1, 0.15) is 13.3 Å². The van der Waals surface area contributed by atoms with Crippen LogP contribution >= 0.6 is 0 Å². The van der Waals surface area contributed by atoms with Gasteiger partial charge in [-0.05, 0) is 14.0 Å². The Labute approximate surface area is 101 Å². The van der Waals surface area contributed by atoms with E-state index in [4.69, 9.17) is 9.84 Å². The highest BCUT2D eigenvalue weighted by atomic mass is 32.2. The van der Waals surface area contributed by atoms with Gasteiger partial charge in [-0.1, -0.05) is 0 Å². The first-order chi connectivity index (χ1) is 7.81. The van der Waals surface area contributed by atoms with Gasteiger partial charge in [-0.25, -0.2) is 8.42 Å². The van der Waals surface area contributed by atoms with E-state index >= 15 is 0 Å². The van der Waals surface area contributed by atoms with E-state index in [0.29, 0.717) is 13.2 Å². The van der Waals surface area contributed by atoms with Crippen LogP contribution in [-0.2, 0) is 19.4 Å². The lowest BCUT2D eigenvalue weighted by molar-refractivity contribution is -0.136. The molecule has 6 nitrogen and oxygen atoms in total. The number of aliphatic carboxylic acids is 1. The lowest BCUT2D eigenvalue weighted by Crippen LogP contribution is -2.44. The third-order valence-corrected chi connectivity index (χ3v) is 5.06. The Morgan fingerprint density at radius 2 is 2.24 bits per heavy atom. The van der Waals surface area contributed by atoms with Gasteiger partial charge in [-0.2, -0.15) is 0 Å². The number of rotatable bonds is 5. The molecule has 1 heterocycles. The molecule has 0 radical (unpaired) electrons. The van der Waals surface area contributed by atoms with Crippen molar-refractivity contribution in [2.75, 3.05) is 32.5 Å². The standard InChI is InChI=1S/C10H19NO5S/c1-8(5-10(12)13)17(14,15)7-9-6-11(2)3-4-16-9/h8-9H,3-7H2,1-2H3,(H,12,13). The first kappa shape index (κ1) is 14.4. The van der Waals surface area contributed by atoms with E-state index in [9.17, 15) is 13.2 Å². The molecule has 1 aliphatic rings. The van der Waals surface area contributed by atoms with Gasteiger partial charge in [0, 0.05) is 13.1 Å². The smallest absolute Gasteiger partial charge is 0.304 e. The molecule has 0 amide bonds. The predicted octanol–water partition coefficient (Wildman–Crippen LogP) is -0.405. The summed E-state index contributed by atoms with van der Waals surface area (Å²) >= 11 is 0. The molecule has 100 valence electrons. The number of likely N-dealkylation sites (N-methyl/N-ethyl adjacent to an activating group) is 1. The van der Waals surface area contributed by atoms with Crippen LogP contribution in [0.5, 0.6) is 0 Å². The highest BCUT2D eigenvalue weighted by Gasteiger charge is 2.29. The van der Waals surface area contributed by atoms with Crippen molar-refractivity contribution in [3.8, 4) is 0 Å². The molecule has 1 N–H and O–H groups in total. The number of carboxylic acids is 1. The Morgan fingerprint density at radius 1 is 1.59 bits per heavy atom. The summed E-state index contributed by atoms with van der Waals surface area (Å²) in [5.41, 5.74) is 0. The average molecular weight is 265 g/mol. The highest BCUT2D eigenvalue weighted by molar-refractivity contribution is 7.92. The van der Waals surface area contributed by atoms with E-state index in [1.165, 1.54) is 6.92 Å². The molecule has 0 aliphatic carbocycles. The topological polar surface area (TPSA) is 83.9 Å².